The molecule has 1 aliphatic carbocycles. The predicted molar refractivity (Wildman–Crippen MR) is 86.9 cm³/mol. The van der Waals surface area contributed by atoms with Crippen molar-refractivity contribution in [2.45, 2.75) is 65.3 Å². The molecule has 0 radical (unpaired) electrons. The third-order valence-corrected chi connectivity index (χ3v) is 4.96. The van der Waals surface area contributed by atoms with Crippen LogP contribution in [-0.2, 0) is 4.74 Å². The lowest BCUT2D eigenvalue weighted by molar-refractivity contribution is 0.0375. The third-order valence-electron chi connectivity index (χ3n) is 4.96. The summed E-state index contributed by atoms with van der Waals surface area (Å²) in [7, 11) is 1.79. The van der Waals surface area contributed by atoms with Crippen LogP contribution in [0, 0.1) is 11.3 Å². The van der Waals surface area contributed by atoms with Gasteiger partial charge in [0.05, 0.1) is 6.61 Å². The first-order valence-electron chi connectivity index (χ1n) is 8.29. The Labute approximate surface area is 126 Å². The molecule has 1 fully saturated rings. The first-order valence-corrected chi connectivity index (χ1v) is 8.29. The predicted octanol–water partition coefficient (Wildman–Crippen LogP) is 3.28. The standard InChI is InChI=1S/C17H36N2O/c1-15(2)13-19(11-12-20-5)17(14-18)8-6-7-16(3,4)9-10-17/h15H,6-14,18H2,1-5H3. The fourth-order valence-electron chi connectivity index (χ4n) is 3.53. The van der Waals surface area contributed by atoms with Crippen molar-refractivity contribution in [1.82, 2.24) is 4.90 Å². The number of hydrogen-bond donors (Lipinski definition) is 1. The molecule has 3 heteroatoms. The van der Waals surface area contributed by atoms with E-state index >= 15 is 0 Å². The fraction of sp³-hybridized carbons (Fsp3) is 1.00. The Bertz CT molecular complexity index is 278. The Hall–Kier alpha value is -0.120. The van der Waals surface area contributed by atoms with Crippen molar-refractivity contribution in [1.29, 1.82) is 0 Å². The van der Waals surface area contributed by atoms with E-state index in [9.17, 15) is 0 Å². The lowest BCUT2D eigenvalue weighted by Crippen LogP contribution is -2.55. The first kappa shape index (κ1) is 17.9. The van der Waals surface area contributed by atoms with Crippen LogP contribution in [0.5, 0.6) is 0 Å². The summed E-state index contributed by atoms with van der Waals surface area (Å²) in [5.74, 6) is 0.673. The Morgan fingerprint density at radius 1 is 1.15 bits per heavy atom. The minimum atomic E-state index is 0.191. The molecule has 0 bridgehead atoms. The number of methoxy groups -OCH3 is 1. The van der Waals surface area contributed by atoms with Gasteiger partial charge in [-0.2, -0.15) is 0 Å². The number of nitrogens with two attached hydrogens (primary N) is 1. The van der Waals surface area contributed by atoms with Gasteiger partial charge in [-0.15, -0.1) is 0 Å². The van der Waals surface area contributed by atoms with Crippen LogP contribution in [0.25, 0.3) is 0 Å². The van der Waals surface area contributed by atoms with E-state index in [-0.39, 0.29) is 5.54 Å². The zero-order valence-electron chi connectivity index (χ0n) is 14.4. The highest BCUT2D eigenvalue weighted by Gasteiger charge is 2.39. The molecular weight excluding hydrogens is 248 g/mol. The summed E-state index contributed by atoms with van der Waals surface area (Å²) in [4.78, 5) is 2.63. The van der Waals surface area contributed by atoms with Crippen molar-refractivity contribution in [2.24, 2.45) is 17.1 Å². The third kappa shape index (κ3) is 5.01. The monoisotopic (exact) mass is 284 g/mol. The molecule has 1 rings (SSSR count). The van der Waals surface area contributed by atoms with Gasteiger partial charge in [0.1, 0.15) is 0 Å². The number of hydrogen-bond acceptors (Lipinski definition) is 3. The highest BCUT2D eigenvalue weighted by molar-refractivity contribution is 4.96. The molecule has 1 atom stereocenters. The summed E-state index contributed by atoms with van der Waals surface area (Å²) in [5, 5.41) is 0. The van der Waals surface area contributed by atoms with E-state index in [2.05, 4.69) is 32.6 Å². The SMILES string of the molecule is COCCN(CC(C)C)C1(CN)CCCC(C)(C)CC1. The molecule has 0 aromatic heterocycles. The molecule has 3 nitrogen and oxygen atoms in total. The molecule has 0 aromatic rings. The normalized spacial score (nSPS) is 27.0. The maximum Gasteiger partial charge on any atom is 0.0589 e. The van der Waals surface area contributed by atoms with Crippen LogP contribution in [0.15, 0.2) is 0 Å². The smallest absolute Gasteiger partial charge is 0.0589 e. The average Bonchev–Trinajstić information content (AvgIpc) is 2.53. The van der Waals surface area contributed by atoms with Crippen LogP contribution in [-0.4, -0.2) is 43.8 Å². The Kier molecular flexibility index (Phi) is 6.96. The van der Waals surface area contributed by atoms with Crippen LogP contribution in [0.3, 0.4) is 0 Å². The first-order chi connectivity index (χ1) is 9.35. The Morgan fingerprint density at radius 3 is 2.40 bits per heavy atom. The molecule has 2 N–H and O–H groups in total. The van der Waals surface area contributed by atoms with Crippen LogP contribution in [0.4, 0.5) is 0 Å². The van der Waals surface area contributed by atoms with Crippen LogP contribution >= 0.6 is 0 Å². The lowest BCUT2D eigenvalue weighted by atomic mass is 9.82. The lowest BCUT2D eigenvalue weighted by Gasteiger charge is -2.44. The molecule has 0 saturated heterocycles. The van der Waals surface area contributed by atoms with Gasteiger partial charge in [0.15, 0.2) is 0 Å². The second kappa shape index (κ2) is 7.77. The average molecular weight is 284 g/mol. The van der Waals surface area contributed by atoms with Crippen molar-refractivity contribution in [2.75, 3.05) is 33.4 Å². The largest absolute Gasteiger partial charge is 0.383 e. The van der Waals surface area contributed by atoms with Crippen molar-refractivity contribution < 1.29 is 4.74 Å². The van der Waals surface area contributed by atoms with E-state index in [0.29, 0.717) is 11.3 Å². The quantitative estimate of drug-likeness (QED) is 0.729. The summed E-state index contributed by atoms with van der Waals surface area (Å²) in [5.41, 5.74) is 6.93. The summed E-state index contributed by atoms with van der Waals surface area (Å²) >= 11 is 0. The Morgan fingerprint density at radius 2 is 1.85 bits per heavy atom. The van der Waals surface area contributed by atoms with Gasteiger partial charge in [-0.05, 0) is 37.0 Å². The number of nitrogens with zero attached hydrogens (tertiary/aromatic N) is 1. The van der Waals surface area contributed by atoms with Crippen LogP contribution in [0.1, 0.15) is 59.8 Å². The summed E-state index contributed by atoms with van der Waals surface area (Å²) in [6.45, 7) is 13.1. The van der Waals surface area contributed by atoms with E-state index in [4.69, 9.17) is 10.5 Å². The van der Waals surface area contributed by atoms with E-state index < -0.39 is 0 Å². The van der Waals surface area contributed by atoms with Crippen LogP contribution in [0.2, 0.25) is 0 Å². The molecule has 1 saturated carbocycles. The van der Waals surface area contributed by atoms with Crippen molar-refractivity contribution in [3.05, 3.63) is 0 Å². The van der Waals surface area contributed by atoms with Gasteiger partial charge in [0, 0.05) is 32.3 Å². The van der Waals surface area contributed by atoms with Crippen molar-refractivity contribution >= 4 is 0 Å². The van der Waals surface area contributed by atoms with Gasteiger partial charge in [0.25, 0.3) is 0 Å². The molecule has 0 heterocycles. The summed E-state index contributed by atoms with van der Waals surface area (Å²) in [6.07, 6.45) is 6.38. The zero-order valence-corrected chi connectivity index (χ0v) is 14.4. The van der Waals surface area contributed by atoms with Gasteiger partial charge in [-0.25, -0.2) is 0 Å². The molecule has 1 unspecified atom stereocenters. The van der Waals surface area contributed by atoms with E-state index in [1.165, 1.54) is 32.1 Å². The highest BCUT2D eigenvalue weighted by Crippen LogP contribution is 2.40. The van der Waals surface area contributed by atoms with E-state index in [1.807, 2.05) is 0 Å². The van der Waals surface area contributed by atoms with Crippen molar-refractivity contribution in [3.63, 3.8) is 0 Å². The van der Waals surface area contributed by atoms with Gasteiger partial charge < -0.3 is 10.5 Å². The molecule has 0 spiro atoms. The molecule has 120 valence electrons. The minimum absolute atomic E-state index is 0.191. The molecule has 0 aromatic carbocycles. The topological polar surface area (TPSA) is 38.5 Å². The molecule has 20 heavy (non-hydrogen) atoms. The fourth-order valence-corrected chi connectivity index (χ4v) is 3.53. The second-order valence-electron chi connectivity index (χ2n) is 7.78. The molecule has 1 aliphatic rings. The van der Waals surface area contributed by atoms with E-state index in [0.717, 1.165) is 26.2 Å². The maximum absolute atomic E-state index is 6.26. The van der Waals surface area contributed by atoms with Crippen molar-refractivity contribution in [3.8, 4) is 0 Å². The Balaban J connectivity index is 2.85. The molecule has 0 aliphatic heterocycles. The highest BCUT2D eigenvalue weighted by atomic mass is 16.5. The molecular formula is C17H36N2O. The number of ether oxygens (including phenoxy) is 1. The van der Waals surface area contributed by atoms with Gasteiger partial charge >= 0.3 is 0 Å². The summed E-state index contributed by atoms with van der Waals surface area (Å²) < 4.78 is 5.32. The van der Waals surface area contributed by atoms with Crippen LogP contribution < -0.4 is 5.73 Å². The summed E-state index contributed by atoms with van der Waals surface area (Å²) in [6, 6.07) is 0. The maximum atomic E-state index is 6.26. The van der Waals surface area contributed by atoms with E-state index in [1.54, 1.807) is 7.11 Å². The van der Waals surface area contributed by atoms with Gasteiger partial charge in [-0.3, -0.25) is 4.90 Å². The van der Waals surface area contributed by atoms with Gasteiger partial charge in [0.2, 0.25) is 0 Å². The minimum Gasteiger partial charge on any atom is -0.383 e. The zero-order chi connectivity index (χ0) is 15.2. The van der Waals surface area contributed by atoms with Gasteiger partial charge in [-0.1, -0.05) is 34.1 Å². The second-order valence-corrected chi connectivity index (χ2v) is 7.78. The molecule has 0 amide bonds. The number of rotatable bonds is 7.